The SMILES string of the molecule is C=C(Cl)CSc1nc(C)c(C(C)=O)s1. The zero-order valence-electron chi connectivity index (χ0n) is 7.96. The normalized spacial score (nSPS) is 10.2. The molecule has 14 heavy (non-hydrogen) atoms. The van der Waals surface area contributed by atoms with Crippen LogP contribution in [0.15, 0.2) is 16.0 Å². The molecule has 0 saturated carbocycles. The summed E-state index contributed by atoms with van der Waals surface area (Å²) in [5, 5.41) is 0.590. The van der Waals surface area contributed by atoms with E-state index < -0.39 is 0 Å². The molecule has 0 radical (unpaired) electrons. The van der Waals surface area contributed by atoms with Gasteiger partial charge in [-0.05, 0) is 6.92 Å². The molecule has 0 amide bonds. The van der Waals surface area contributed by atoms with Crippen LogP contribution in [-0.2, 0) is 0 Å². The maximum absolute atomic E-state index is 11.1. The van der Waals surface area contributed by atoms with Crippen molar-refractivity contribution < 1.29 is 4.79 Å². The summed E-state index contributed by atoms with van der Waals surface area (Å²) in [7, 11) is 0. The van der Waals surface area contributed by atoms with Crippen molar-refractivity contribution in [2.24, 2.45) is 0 Å². The number of thioether (sulfide) groups is 1. The Morgan fingerprint density at radius 3 is 2.79 bits per heavy atom. The fourth-order valence-electron chi connectivity index (χ4n) is 0.900. The minimum absolute atomic E-state index is 0.0663. The molecule has 0 aliphatic heterocycles. The Kier molecular flexibility index (Phi) is 4.16. The van der Waals surface area contributed by atoms with E-state index in [2.05, 4.69) is 11.6 Å². The number of hydrogen-bond donors (Lipinski definition) is 0. The standard InChI is InChI=1S/C9H10ClNOS2/c1-5(10)4-13-9-11-6(2)8(14-9)7(3)12/h1,4H2,2-3H3. The predicted octanol–water partition coefficient (Wildman–Crippen LogP) is 3.50. The van der Waals surface area contributed by atoms with Crippen molar-refractivity contribution >= 4 is 40.5 Å². The van der Waals surface area contributed by atoms with Crippen LogP contribution in [0, 0.1) is 6.92 Å². The Labute approximate surface area is 96.4 Å². The van der Waals surface area contributed by atoms with Gasteiger partial charge in [-0.3, -0.25) is 4.79 Å². The van der Waals surface area contributed by atoms with Crippen molar-refractivity contribution in [1.29, 1.82) is 0 Å². The van der Waals surface area contributed by atoms with Gasteiger partial charge in [-0.2, -0.15) is 0 Å². The summed E-state index contributed by atoms with van der Waals surface area (Å²) in [6.07, 6.45) is 0. The summed E-state index contributed by atoms with van der Waals surface area (Å²) >= 11 is 8.55. The number of halogens is 1. The number of carbonyl (C=O) groups excluding carboxylic acids is 1. The van der Waals surface area contributed by atoms with E-state index in [1.165, 1.54) is 23.1 Å². The lowest BCUT2D eigenvalue weighted by Crippen LogP contribution is -1.89. The third-order valence-corrected chi connectivity index (χ3v) is 4.23. The molecule has 0 atom stereocenters. The van der Waals surface area contributed by atoms with Crippen LogP contribution in [0.3, 0.4) is 0 Å². The third kappa shape index (κ3) is 3.12. The molecular formula is C9H10ClNOS2. The lowest BCUT2D eigenvalue weighted by molar-refractivity contribution is 0.102. The number of aryl methyl sites for hydroxylation is 1. The first-order chi connectivity index (χ1) is 6.50. The van der Waals surface area contributed by atoms with Gasteiger partial charge in [0.25, 0.3) is 0 Å². The Bertz CT molecular complexity index is 373. The van der Waals surface area contributed by atoms with Gasteiger partial charge in [-0.15, -0.1) is 11.3 Å². The smallest absolute Gasteiger partial charge is 0.171 e. The van der Waals surface area contributed by atoms with Gasteiger partial charge in [0.05, 0.1) is 10.6 Å². The molecule has 0 bridgehead atoms. The maximum atomic E-state index is 11.1. The van der Waals surface area contributed by atoms with Gasteiger partial charge >= 0.3 is 0 Å². The van der Waals surface area contributed by atoms with E-state index in [1.807, 2.05) is 6.92 Å². The zero-order chi connectivity index (χ0) is 10.7. The summed E-state index contributed by atoms with van der Waals surface area (Å²) in [5.41, 5.74) is 0.796. The molecule has 0 aliphatic rings. The fraction of sp³-hybridized carbons (Fsp3) is 0.333. The molecule has 0 spiro atoms. The molecule has 5 heteroatoms. The van der Waals surface area contributed by atoms with Crippen LogP contribution < -0.4 is 0 Å². The highest BCUT2D eigenvalue weighted by Crippen LogP contribution is 2.28. The quantitative estimate of drug-likeness (QED) is 0.603. The molecule has 0 aliphatic carbocycles. The molecule has 76 valence electrons. The number of carbonyl (C=O) groups is 1. The lowest BCUT2D eigenvalue weighted by Gasteiger charge is -1.92. The van der Waals surface area contributed by atoms with Crippen LogP contribution in [0.2, 0.25) is 0 Å². The molecule has 1 aromatic heterocycles. The Balaban J connectivity index is 2.76. The van der Waals surface area contributed by atoms with E-state index >= 15 is 0 Å². The van der Waals surface area contributed by atoms with Gasteiger partial charge in [-0.1, -0.05) is 29.9 Å². The summed E-state index contributed by atoms with van der Waals surface area (Å²) in [6, 6.07) is 0. The molecule has 2 nitrogen and oxygen atoms in total. The van der Waals surface area contributed by atoms with Gasteiger partial charge in [0.15, 0.2) is 10.1 Å². The molecule has 0 aromatic carbocycles. The minimum Gasteiger partial charge on any atom is -0.294 e. The zero-order valence-corrected chi connectivity index (χ0v) is 10.4. The first-order valence-electron chi connectivity index (χ1n) is 3.95. The van der Waals surface area contributed by atoms with E-state index in [1.54, 1.807) is 6.92 Å². The Morgan fingerprint density at radius 1 is 1.71 bits per heavy atom. The monoisotopic (exact) mass is 247 g/mol. The van der Waals surface area contributed by atoms with Crippen molar-refractivity contribution in [2.45, 2.75) is 18.2 Å². The van der Waals surface area contributed by atoms with Crippen molar-refractivity contribution in [1.82, 2.24) is 4.98 Å². The summed E-state index contributed by atoms with van der Waals surface area (Å²) in [6.45, 7) is 6.98. The predicted molar refractivity (Wildman–Crippen MR) is 62.6 cm³/mol. The topological polar surface area (TPSA) is 30.0 Å². The number of rotatable bonds is 4. The van der Waals surface area contributed by atoms with Gasteiger partial charge in [0.1, 0.15) is 0 Å². The van der Waals surface area contributed by atoms with Crippen molar-refractivity contribution in [3.8, 4) is 0 Å². The molecule has 1 aromatic rings. The maximum Gasteiger partial charge on any atom is 0.171 e. The lowest BCUT2D eigenvalue weighted by atomic mass is 10.3. The number of aromatic nitrogens is 1. The molecular weight excluding hydrogens is 238 g/mol. The first kappa shape index (κ1) is 11.8. The second kappa shape index (κ2) is 4.96. The molecule has 0 fully saturated rings. The average molecular weight is 248 g/mol. The van der Waals surface area contributed by atoms with Crippen molar-refractivity contribution in [2.75, 3.05) is 5.75 Å². The van der Waals surface area contributed by atoms with Gasteiger partial charge < -0.3 is 0 Å². The summed E-state index contributed by atoms with van der Waals surface area (Å²) in [5.74, 6) is 0.697. The number of Topliss-reactive ketones (excluding diaryl/α,β-unsaturated/α-hetero) is 1. The van der Waals surface area contributed by atoms with Crippen LogP contribution in [0.1, 0.15) is 22.3 Å². The molecule has 0 unspecified atom stereocenters. The van der Waals surface area contributed by atoms with Crippen LogP contribution in [0.25, 0.3) is 0 Å². The Hall–Kier alpha value is -0.320. The molecule has 1 rings (SSSR count). The van der Waals surface area contributed by atoms with Gasteiger partial charge in [0, 0.05) is 17.7 Å². The molecule has 0 saturated heterocycles. The summed E-state index contributed by atoms with van der Waals surface area (Å²) in [4.78, 5) is 16.1. The molecule has 1 heterocycles. The van der Waals surface area contributed by atoms with Crippen molar-refractivity contribution in [3.05, 3.63) is 22.2 Å². The highest BCUT2D eigenvalue weighted by Gasteiger charge is 2.11. The largest absolute Gasteiger partial charge is 0.294 e. The average Bonchev–Trinajstić information content (AvgIpc) is 2.43. The fourth-order valence-corrected chi connectivity index (χ4v) is 2.90. The van der Waals surface area contributed by atoms with Crippen molar-refractivity contribution in [3.63, 3.8) is 0 Å². The summed E-state index contributed by atoms with van der Waals surface area (Å²) < 4.78 is 0.870. The van der Waals surface area contributed by atoms with E-state index in [4.69, 9.17) is 11.6 Å². The second-order valence-corrected chi connectivity index (χ2v) is 5.51. The minimum atomic E-state index is 0.0663. The van der Waals surface area contributed by atoms with Gasteiger partial charge in [-0.25, -0.2) is 4.98 Å². The van der Waals surface area contributed by atoms with Crippen LogP contribution >= 0.6 is 34.7 Å². The first-order valence-corrected chi connectivity index (χ1v) is 6.13. The third-order valence-electron chi connectivity index (χ3n) is 1.45. The number of hydrogen-bond acceptors (Lipinski definition) is 4. The van der Waals surface area contributed by atoms with E-state index in [0.29, 0.717) is 10.8 Å². The van der Waals surface area contributed by atoms with Gasteiger partial charge in [0.2, 0.25) is 0 Å². The van der Waals surface area contributed by atoms with E-state index in [9.17, 15) is 4.79 Å². The number of nitrogens with zero attached hydrogens (tertiary/aromatic N) is 1. The second-order valence-electron chi connectivity index (χ2n) is 2.76. The highest BCUT2D eigenvalue weighted by atomic mass is 35.5. The van der Waals surface area contributed by atoms with E-state index in [0.717, 1.165) is 14.9 Å². The van der Waals surface area contributed by atoms with Crippen LogP contribution in [0.4, 0.5) is 0 Å². The highest BCUT2D eigenvalue weighted by molar-refractivity contribution is 8.01. The van der Waals surface area contributed by atoms with E-state index in [-0.39, 0.29) is 5.78 Å². The van der Waals surface area contributed by atoms with Crippen LogP contribution in [-0.4, -0.2) is 16.5 Å². The van der Waals surface area contributed by atoms with Crippen LogP contribution in [0.5, 0.6) is 0 Å². The number of ketones is 1. The number of thiazole rings is 1. The molecule has 0 N–H and O–H groups in total. The Morgan fingerprint density at radius 2 is 2.36 bits per heavy atom.